The first-order valence-corrected chi connectivity index (χ1v) is 8.56. The summed E-state index contributed by atoms with van der Waals surface area (Å²) in [6.45, 7) is 3.84. The van der Waals surface area contributed by atoms with Crippen molar-refractivity contribution in [1.29, 1.82) is 0 Å². The molecule has 130 valence electrons. The number of ether oxygens (including phenoxy) is 1. The van der Waals surface area contributed by atoms with Gasteiger partial charge < -0.3 is 14.2 Å². The van der Waals surface area contributed by atoms with Crippen LogP contribution in [0.15, 0.2) is 35.3 Å². The fraction of sp³-hybridized carbons (Fsp3) is 0.421. The molecule has 6 nitrogen and oxygen atoms in total. The number of hydrogen-bond acceptors (Lipinski definition) is 4. The zero-order valence-electron chi connectivity index (χ0n) is 14.4. The maximum absolute atomic E-state index is 13.1. The van der Waals surface area contributed by atoms with Crippen LogP contribution in [0, 0.1) is 12.8 Å². The zero-order valence-corrected chi connectivity index (χ0v) is 14.4. The van der Waals surface area contributed by atoms with Crippen molar-refractivity contribution in [1.82, 2.24) is 14.5 Å². The highest BCUT2D eigenvalue weighted by Crippen LogP contribution is 2.36. The van der Waals surface area contributed by atoms with E-state index in [9.17, 15) is 9.59 Å². The third-order valence-electron chi connectivity index (χ3n) is 5.22. The van der Waals surface area contributed by atoms with Gasteiger partial charge in [0.05, 0.1) is 18.9 Å². The summed E-state index contributed by atoms with van der Waals surface area (Å²) in [5.41, 5.74) is 2.44. The molecule has 25 heavy (non-hydrogen) atoms. The number of piperidine rings is 1. The van der Waals surface area contributed by atoms with Crippen molar-refractivity contribution < 1.29 is 9.53 Å². The molecule has 1 amide bonds. The molecule has 1 saturated heterocycles. The topological polar surface area (TPSA) is 64.4 Å². The first-order chi connectivity index (χ1) is 12.1. The maximum atomic E-state index is 13.1. The molecule has 2 atom stereocenters. The Kier molecular flexibility index (Phi) is 3.82. The minimum atomic E-state index is -0.0243. The summed E-state index contributed by atoms with van der Waals surface area (Å²) >= 11 is 0. The van der Waals surface area contributed by atoms with Gasteiger partial charge in [-0.3, -0.25) is 14.6 Å². The largest absolute Gasteiger partial charge is 0.494 e. The fourth-order valence-electron chi connectivity index (χ4n) is 4.11. The van der Waals surface area contributed by atoms with Crippen molar-refractivity contribution >= 4 is 5.91 Å². The van der Waals surface area contributed by atoms with Crippen molar-refractivity contribution in [3.05, 3.63) is 57.8 Å². The highest BCUT2D eigenvalue weighted by Gasteiger charge is 2.37. The summed E-state index contributed by atoms with van der Waals surface area (Å²) in [6, 6.07) is 7.21. The second-order valence-corrected chi connectivity index (χ2v) is 6.93. The van der Waals surface area contributed by atoms with Crippen LogP contribution in [0.25, 0.3) is 0 Å². The lowest BCUT2D eigenvalue weighted by atomic mass is 9.83. The average Bonchev–Trinajstić information content (AvgIpc) is 2.62. The number of aryl methyl sites for hydroxylation is 1. The van der Waals surface area contributed by atoms with E-state index in [1.807, 2.05) is 28.5 Å². The number of amides is 1. The molecule has 2 aliphatic rings. The zero-order chi connectivity index (χ0) is 17.6. The molecule has 0 N–H and O–H groups in total. The number of methoxy groups -OCH3 is 1. The Bertz CT molecular complexity index is 890. The van der Waals surface area contributed by atoms with Gasteiger partial charge in [-0.1, -0.05) is 6.07 Å². The van der Waals surface area contributed by atoms with Crippen molar-refractivity contribution in [2.45, 2.75) is 25.8 Å². The summed E-state index contributed by atoms with van der Waals surface area (Å²) in [5, 5.41) is 0. The normalized spacial score (nSPS) is 21.6. The fourth-order valence-corrected chi connectivity index (χ4v) is 4.11. The van der Waals surface area contributed by atoms with Crippen LogP contribution < -0.4 is 10.3 Å². The molecular weight excluding hydrogens is 318 g/mol. The van der Waals surface area contributed by atoms with E-state index in [1.165, 1.54) is 0 Å². The van der Waals surface area contributed by atoms with E-state index in [2.05, 4.69) is 4.98 Å². The van der Waals surface area contributed by atoms with Crippen LogP contribution in [0.3, 0.4) is 0 Å². The van der Waals surface area contributed by atoms with Crippen LogP contribution in [-0.4, -0.2) is 40.6 Å². The van der Waals surface area contributed by atoms with Gasteiger partial charge in [-0.2, -0.15) is 0 Å². The monoisotopic (exact) mass is 339 g/mol. The third kappa shape index (κ3) is 2.71. The maximum Gasteiger partial charge on any atom is 0.257 e. The predicted octanol–water partition coefficient (Wildman–Crippen LogP) is 1.82. The molecule has 0 radical (unpaired) electrons. The predicted molar refractivity (Wildman–Crippen MR) is 93.0 cm³/mol. The molecule has 0 aliphatic carbocycles. The lowest BCUT2D eigenvalue weighted by Gasteiger charge is -2.42. The van der Waals surface area contributed by atoms with Gasteiger partial charge in [0, 0.05) is 43.0 Å². The Morgan fingerprint density at radius 2 is 2.12 bits per heavy atom. The summed E-state index contributed by atoms with van der Waals surface area (Å²) < 4.78 is 7.20. The Morgan fingerprint density at radius 3 is 2.92 bits per heavy atom. The van der Waals surface area contributed by atoms with Crippen LogP contribution >= 0.6 is 0 Å². The van der Waals surface area contributed by atoms with Gasteiger partial charge in [-0.05, 0) is 31.4 Å². The number of nitrogens with zero attached hydrogens (tertiary/aromatic N) is 3. The minimum absolute atomic E-state index is 0.0243. The Labute approximate surface area is 146 Å². The molecule has 0 saturated carbocycles. The SMILES string of the molecule is COc1cnc(C)cc1C(=O)N1C[C@@H]2C[C@H](C1)c1cccc(=O)n1C2. The van der Waals surface area contributed by atoms with Gasteiger partial charge in [0.1, 0.15) is 5.75 Å². The van der Waals surface area contributed by atoms with Crippen molar-refractivity contribution in [2.75, 3.05) is 20.2 Å². The van der Waals surface area contributed by atoms with Gasteiger partial charge in [0.15, 0.2) is 0 Å². The molecule has 0 unspecified atom stereocenters. The number of hydrogen-bond donors (Lipinski definition) is 0. The lowest BCUT2D eigenvalue weighted by molar-refractivity contribution is 0.0591. The second-order valence-electron chi connectivity index (χ2n) is 6.93. The molecule has 4 heterocycles. The summed E-state index contributed by atoms with van der Waals surface area (Å²) in [4.78, 5) is 31.3. The first kappa shape index (κ1) is 15.9. The molecule has 2 aromatic rings. The highest BCUT2D eigenvalue weighted by atomic mass is 16.5. The number of carbonyl (C=O) groups is 1. The molecule has 6 heteroatoms. The van der Waals surface area contributed by atoms with E-state index in [4.69, 9.17) is 4.74 Å². The van der Waals surface area contributed by atoms with E-state index < -0.39 is 0 Å². The minimum Gasteiger partial charge on any atom is -0.494 e. The highest BCUT2D eigenvalue weighted by molar-refractivity contribution is 5.97. The van der Waals surface area contributed by atoms with Crippen molar-refractivity contribution in [3.63, 3.8) is 0 Å². The van der Waals surface area contributed by atoms with Gasteiger partial charge in [0.25, 0.3) is 11.5 Å². The first-order valence-electron chi connectivity index (χ1n) is 8.56. The molecule has 0 spiro atoms. The van der Waals surface area contributed by atoms with Crippen LogP contribution in [0.2, 0.25) is 0 Å². The average molecular weight is 339 g/mol. The standard InChI is InChI=1S/C19H21N3O3/c1-12-6-15(17(25-2)8-20-12)19(24)21-9-13-7-14(11-21)16-4-3-5-18(23)22(16)10-13/h3-6,8,13-14H,7,9-11H2,1-2H3/t13-,14+/m0/s1. The third-order valence-corrected chi connectivity index (χ3v) is 5.22. The van der Waals surface area contributed by atoms with Gasteiger partial charge >= 0.3 is 0 Å². The second kappa shape index (κ2) is 6.02. The number of fused-ring (bicyclic) bond motifs is 4. The van der Waals surface area contributed by atoms with Crippen LogP contribution in [0.4, 0.5) is 0 Å². The van der Waals surface area contributed by atoms with E-state index in [0.29, 0.717) is 36.9 Å². The summed E-state index contributed by atoms with van der Waals surface area (Å²) in [6.07, 6.45) is 2.63. The smallest absolute Gasteiger partial charge is 0.257 e. The number of rotatable bonds is 2. The number of carbonyl (C=O) groups excluding carboxylic acids is 1. The number of pyridine rings is 2. The van der Waals surface area contributed by atoms with Crippen LogP contribution in [-0.2, 0) is 6.54 Å². The van der Waals surface area contributed by atoms with Crippen molar-refractivity contribution in [2.24, 2.45) is 5.92 Å². The van der Waals surface area contributed by atoms with Gasteiger partial charge in [0.2, 0.25) is 0 Å². The van der Waals surface area contributed by atoms with E-state index >= 15 is 0 Å². The number of likely N-dealkylation sites (tertiary alicyclic amines) is 1. The van der Waals surface area contributed by atoms with Gasteiger partial charge in [-0.15, -0.1) is 0 Å². The molecular formula is C19H21N3O3. The molecule has 0 aromatic carbocycles. The molecule has 2 bridgehead atoms. The van der Waals surface area contributed by atoms with Crippen LogP contribution in [0.1, 0.15) is 34.1 Å². The summed E-state index contributed by atoms with van der Waals surface area (Å²) in [5.74, 6) is 0.996. The molecule has 1 fully saturated rings. The molecule has 2 aliphatic heterocycles. The lowest BCUT2D eigenvalue weighted by Crippen LogP contribution is -2.49. The Balaban J connectivity index is 1.65. The Hall–Kier alpha value is -2.63. The molecule has 2 aromatic heterocycles. The van der Waals surface area contributed by atoms with Crippen molar-refractivity contribution in [3.8, 4) is 5.75 Å². The van der Waals surface area contributed by atoms with E-state index in [-0.39, 0.29) is 17.4 Å². The van der Waals surface area contributed by atoms with E-state index in [0.717, 1.165) is 17.8 Å². The van der Waals surface area contributed by atoms with E-state index in [1.54, 1.807) is 25.4 Å². The van der Waals surface area contributed by atoms with Gasteiger partial charge in [-0.25, -0.2) is 0 Å². The Morgan fingerprint density at radius 1 is 1.28 bits per heavy atom. The van der Waals surface area contributed by atoms with Crippen LogP contribution in [0.5, 0.6) is 5.75 Å². The number of aromatic nitrogens is 2. The quantitative estimate of drug-likeness (QED) is 0.837. The summed E-state index contributed by atoms with van der Waals surface area (Å²) in [7, 11) is 1.55. The molecule has 4 rings (SSSR count).